The van der Waals surface area contributed by atoms with E-state index in [4.69, 9.17) is 0 Å². The van der Waals surface area contributed by atoms with Crippen molar-refractivity contribution in [2.45, 2.75) is 5.32 Å². The molecular formula is C10H6O2P2Se2. The van der Waals surface area contributed by atoms with Crippen LogP contribution in [-0.4, -0.2) is 44.3 Å². The van der Waals surface area contributed by atoms with E-state index < -0.39 is 0 Å². The molecule has 2 heterocycles. The Hall–Kier alpha value is 0.0690. The van der Waals surface area contributed by atoms with Crippen LogP contribution in [0.4, 0.5) is 0 Å². The Morgan fingerprint density at radius 1 is 1.38 bits per heavy atom. The zero-order valence-electron chi connectivity index (χ0n) is 8.01. The Kier molecular flexibility index (Phi) is 3.07. The van der Waals surface area contributed by atoms with Crippen molar-refractivity contribution in [3.63, 3.8) is 0 Å². The maximum atomic E-state index is 11.3. The van der Waals surface area contributed by atoms with Crippen LogP contribution in [0.5, 0.6) is 5.75 Å². The Morgan fingerprint density at radius 3 is 3.00 bits per heavy atom. The molecule has 0 fully saturated rings. The summed E-state index contributed by atoms with van der Waals surface area (Å²) in [5.74, 6) is 0.354. The molecule has 0 radical (unpaired) electrons. The van der Waals surface area contributed by atoms with E-state index in [0.29, 0.717) is 40.7 Å². The molecule has 1 aliphatic rings. The number of benzene rings is 1. The van der Waals surface area contributed by atoms with Crippen LogP contribution in [0.15, 0.2) is 18.2 Å². The predicted molar refractivity (Wildman–Crippen MR) is 71.7 cm³/mol. The van der Waals surface area contributed by atoms with Gasteiger partial charge in [-0.15, -0.1) is 0 Å². The average molecular weight is 378 g/mol. The van der Waals surface area contributed by atoms with Gasteiger partial charge in [-0.05, 0) is 0 Å². The summed E-state index contributed by atoms with van der Waals surface area (Å²) < 4.78 is 4.14. The first kappa shape index (κ1) is 11.2. The minimum absolute atomic E-state index is 0.324. The van der Waals surface area contributed by atoms with Crippen molar-refractivity contribution in [1.29, 1.82) is 0 Å². The van der Waals surface area contributed by atoms with Gasteiger partial charge in [0.25, 0.3) is 0 Å². The monoisotopic (exact) mass is 380 g/mol. The van der Waals surface area contributed by atoms with Crippen LogP contribution < -0.4 is 0 Å². The van der Waals surface area contributed by atoms with Crippen molar-refractivity contribution < 1.29 is 9.90 Å². The van der Waals surface area contributed by atoms with Crippen LogP contribution >= 0.6 is 16.4 Å². The van der Waals surface area contributed by atoms with Gasteiger partial charge < -0.3 is 0 Å². The van der Waals surface area contributed by atoms with Crippen molar-refractivity contribution in [2.24, 2.45) is 0 Å². The summed E-state index contributed by atoms with van der Waals surface area (Å²) in [6.07, 6.45) is 0. The molecule has 1 N–H and O–H groups in total. The third kappa shape index (κ3) is 2.07. The molecule has 0 amide bonds. The predicted octanol–water partition coefficient (Wildman–Crippen LogP) is 2.27. The maximum absolute atomic E-state index is 11.3. The van der Waals surface area contributed by atoms with Gasteiger partial charge in [-0.2, -0.15) is 0 Å². The molecule has 1 aliphatic heterocycles. The van der Waals surface area contributed by atoms with Crippen LogP contribution in [0.1, 0.15) is 4.17 Å². The van der Waals surface area contributed by atoms with Crippen molar-refractivity contribution in [2.75, 3.05) is 0 Å². The summed E-state index contributed by atoms with van der Waals surface area (Å²) in [5, 5.41) is 11.5. The third-order valence-electron chi connectivity index (χ3n) is 2.11. The molecule has 0 atom stereocenters. The first-order valence-corrected chi connectivity index (χ1v) is 10.1. The van der Waals surface area contributed by atoms with Gasteiger partial charge in [0, 0.05) is 0 Å². The number of phenolic OH excluding ortho intramolecular Hbond substituents is 1. The minimum atomic E-state index is 0.324. The van der Waals surface area contributed by atoms with E-state index in [0.717, 1.165) is 13.5 Å². The van der Waals surface area contributed by atoms with Crippen LogP contribution in [0.25, 0.3) is 9.38 Å². The molecule has 0 bridgehead atoms. The van der Waals surface area contributed by atoms with Crippen LogP contribution in [0.2, 0.25) is 5.32 Å². The second kappa shape index (κ2) is 4.39. The first-order valence-electron chi connectivity index (χ1n) is 4.56. The molecule has 0 unspecified atom stereocenters. The summed E-state index contributed by atoms with van der Waals surface area (Å²) in [6.45, 7) is 0. The molecule has 80 valence electrons. The van der Waals surface area contributed by atoms with Crippen molar-refractivity contribution >= 4 is 65.0 Å². The number of hydrogen-bond donors (Lipinski definition) is 1. The zero-order valence-corrected chi connectivity index (χ0v) is 13.2. The molecule has 0 aliphatic carbocycles. The SMILES string of the molecule is O=C1C[Se]C(c2pc3ccc(O)cc3[se]2)=P1. The fourth-order valence-corrected chi connectivity index (χ4v) is 11.3. The molecule has 3 rings (SSSR count). The van der Waals surface area contributed by atoms with Crippen molar-refractivity contribution in [1.82, 2.24) is 0 Å². The van der Waals surface area contributed by atoms with Crippen LogP contribution in [-0.2, 0) is 4.79 Å². The van der Waals surface area contributed by atoms with Crippen molar-refractivity contribution in [3.8, 4) is 5.75 Å². The number of carbonyl (C=O) groups is 1. The molecule has 16 heavy (non-hydrogen) atoms. The number of rotatable bonds is 1. The van der Waals surface area contributed by atoms with Gasteiger partial charge in [-0.3, -0.25) is 0 Å². The van der Waals surface area contributed by atoms with E-state index in [-0.39, 0.29) is 0 Å². The molecule has 1 aromatic carbocycles. The van der Waals surface area contributed by atoms with Gasteiger partial charge in [0.1, 0.15) is 0 Å². The summed E-state index contributed by atoms with van der Waals surface area (Å²) in [5.41, 5.74) is 0.382. The fourth-order valence-electron chi connectivity index (χ4n) is 1.42. The molecule has 0 saturated carbocycles. The molecule has 2 aromatic rings. The normalized spacial score (nSPS) is 17.2. The molecule has 0 spiro atoms. The molecule has 2 nitrogen and oxygen atoms in total. The topological polar surface area (TPSA) is 37.3 Å². The molecule has 0 saturated heterocycles. The van der Waals surface area contributed by atoms with E-state index in [1.807, 2.05) is 12.1 Å². The second-order valence-corrected chi connectivity index (χ2v) is 11.2. The quantitative estimate of drug-likeness (QED) is 0.611. The summed E-state index contributed by atoms with van der Waals surface area (Å²) in [7, 11) is 2.22. The number of phenols is 1. The standard InChI is InChI=1S/C10H6O2P2Se2/c11-5-1-2-6-7(3-5)16-10(13-6)9-14-8(12)4-15-9/h1-3,11H,4H2. The van der Waals surface area contributed by atoms with Gasteiger partial charge >= 0.3 is 108 Å². The summed E-state index contributed by atoms with van der Waals surface area (Å²) >= 11 is 0.719. The zero-order chi connectivity index (χ0) is 11.1. The first-order chi connectivity index (χ1) is 7.72. The van der Waals surface area contributed by atoms with Gasteiger partial charge in [0.2, 0.25) is 0 Å². The van der Waals surface area contributed by atoms with E-state index in [9.17, 15) is 9.90 Å². The number of carbonyl (C=O) groups excluding carboxylic acids is 1. The Balaban J connectivity index is 2.12. The molecule has 6 heteroatoms. The van der Waals surface area contributed by atoms with Gasteiger partial charge in [-0.1, -0.05) is 0 Å². The Morgan fingerprint density at radius 2 is 2.25 bits per heavy atom. The third-order valence-corrected chi connectivity index (χ3v) is 12.5. The van der Waals surface area contributed by atoms with Crippen molar-refractivity contribution in [3.05, 3.63) is 22.4 Å². The van der Waals surface area contributed by atoms with Gasteiger partial charge in [0.15, 0.2) is 0 Å². The number of hydrogen-bond acceptors (Lipinski definition) is 2. The van der Waals surface area contributed by atoms with Crippen LogP contribution in [0.3, 0.4) is 0 Å². The van der Waals surface area contributed by atoms with E-state index >= 15 is 0 Å². The van der Waals surface area contributed by atoms with Crippen LogP contribution in [0, 0.1) is 0 Å². The summed E-state index contributed by atoms with van der Waals surface area (Å²) in [6, 6.07) is 5.62. The fraction of sp³-hybridized carbons (Fsp3) is 0.100. The number of aromatic hydroxyl groups is 1. The van der Waals surface area contributed by atoms with E-state index in [2.05, 4.69) is 0 Å². The Bertz CT molecular complexity index is 618. The molecular weight excluding hydrogens is 372 g/mol. The number of fused-ring (bicyclic) bond motifs is 1. The Labute approximate surface area is 108 Å². The average Bonchev–Trinajstić information content (AvgIpc) is 2.83. The van der Waals surface area contributed by atoms with Gasteiger partial charge in [-0.25, -0.2) is 0 Å². The van der Waals surface area contributed by atoms with E-state index in [1.54, 1.807) is 6.07 Å². The summed E-state index contributed by atoms with van der Waals surface area (Å²) in [4.78, 5) is 11.3. The molecule has 1 aromatic heterocycles. The second-order valence-electron chi connectivity index (χ2n) is 3.27. The van der Waals surface area contributed by atoms with E-state index in [1.165, 1.54) is 25.9 Å². The van der Waals surface area contributed by atoms with Gasteiger partial charge in [0.05, 0.1) is 0 Å².